The highest BCUT2D eigenvalue weighted by molar-refractivity contribution is 6.30. The Bertz CT molecular complexity index is 1190. The molecule has 8 nitrogen and oxygen atoms in total. The van der Waals surface area contributed by atoms with E-state index < -0.39 is 11.7 Å². The number of halogens is 3. The zero-order valence-electron chi connectivity index (χ0n) is 15.9. The molecule has 11 heteroatoms. The first-order chi connectivity index (χ1) is 14.2. The fourth-order valence-electron chi connectivity index (χ4n) is 2.64. The Morgan fingerprint density at radius 1 is 1.13 bits per heavy atom. The maximum absolute atomic E-state index is 13.6. The summed E-state index contributed by atoms with van der Waals surface area (Å²) < 4.78 is 28.9. The van der Waals surface area contributed by atoms with Crippen LogP contribution in [-0.2, 0) is 10.7 Å². The lowest BCUT2D eigenvalue weighted by Crippen LogP contribution is -2.12. The van der Waals surface area contributed by atoms with Gasteiger partial charge in [-0.25, -0.2) is 24.6 Å². The van der Waals surface area contributed by atoms with Gasteiger partial charge in [-0.15, -0.1) is 0 Å². The number of nitrogens with zero attached hydrogens (tertiary/aromatic N) is 6. The molecule has 0 saturated carbocycles. The maximum atomic E-state index is 13.6. The van der Waals surface area contributed by atoms with Gasteiger partial charge in [-0.2, -0.15) is 13.9 Å². The zero-order chi connectivity index (χ0) is 21.9. The number of hydrogen-bond donors (Lipinski definition) is 1. The summed E-state index contributed by atoms with van der Waals surface area (Å²) in [5.74, 6) is -3.16. The summed E-state index contributed by atoms with van der Waals surface area (Å²) in [5.41, 5.74) is 6.10. The SMILES string of the molecule is Cc1ncc2c(-c3ccnc(C(C)(F)F)n3)nn(-c3ccc(Cl)cc3)c2n1.NC=O. The molecular formula is C19H16ClF2N7O. The van der Waals surface area contributed by atoms with Crippen molar-refractivity contribution in [1.82, 2.24) is 29.7 Å². The average molecular weight is 432 g/mol. The number of aromatic nitrogens is 6. The second-order valence-corrected chi connectivity index (χ2v) is 6.62. The molecule has 0 aliphatic heterocycles. The number of hydrogen-bond acceptors (Lipinski definition) is 6. The van der Waals surface area contributed by atoms with Crippen LogP contribution < -0.4 is 5.73 Å². The molecule has 0 aliphatic rings. The van der Waals surface area contributed by atoms with E-state index in [4.69, 9.17) is 16.4 Å². The second-order valence-electron chi connectivity index (χ2n) is 6.18. The van der Waals surface area contributed by atoms with Gasteiger partial charge >= 0.3 is 5.92 Å². The van der Waals surface area contributed by atoms with Crippen molar-refractivity contribution in [3.8, 4) is 17.1 Å². The minimum Gasteiger partial charge on any atom is -0.372 e. The van der Waals surface area contributed by atoms with E-state index in [2.05, 4.69) is 30.8 Å². The van der Waals surface area contributed by atoms with E-state index in [9.17, 15) is 8.78 Å². The molecule has 30 heavy (non-hydrogen) atoms. The maximum Gasteiger partial charge on any atom is 0.303 e. The van der Waals surface area contributed by atoms with E-state index in [1.807, 2.05) is 0 Å². The summed E-state index contributed by atoms with van der Waals surface area (Å²) in [6.45, 7) is 2.52. The highest BCUT2D eigenvalue weighted by Gasteiger charge is 2.29. The lowest BCUT2D eigenvalue weighted by molar-refractivity contribution is -0.106. The summed E-state index contributed by atoms with van der Waals surface area (Å²) in [5, 5.41) is 5.75. The molecule has 1 aromatic carbocycles. The Labute approximate surface area is 174 Å². The van der Waals surface area contributed by atoms with E-state index in [0.717, 1.165) is 12.6 Å². The Morgan fingerprint density at radius 2 is 1.80 bits per heavy atom. The first-order valence-electron chi connectivity index (χ1n) is 8.60. The number of primary amides is 1. The van der Waals surface area contributed by atoms with Gasteiger partial charge in [-0.05, 0) is 37.3 Å². The highest BCUT2D eigenvalue weighted by Crippen LogP contribution is 2.30. The summed E-state index contributed by atoms with van der Waals surface area (Å²) >= 11 is 5.96. The second kappa shape index (κ2) is 8.46. The van der Waals surface area contributed by atoms with Gasteiger partial charge in [0, 0.05) is 24.3 Å². The number of benzene rings is 1. The quantitative estimate of drug-likeness (QED) is 0.497. The topological polar surface area (TPSA) is 112 Å². The van der Waals surface area contributed by atoms with Crippen LogP contribution in [0.2, 0.25) is 5.02 Å². The van der Waals surface area contributed by atoms with E-state index in [1.165, 1.54) is 12.3 Å². The predicted molar refractivity (Wildman–Crippen MR) is 107 cm³/mol. The van der Waals surface area contributed by atoms with E-state index in [0.29, 0.717) is 27.6 Å². The molecule has 1 amide bonds. The van der Waals surface area contributed by atoms with Crippen LogP contribution >= 0.6 is 11.6 Å². The third-order valence-corrected chi connectivity index (χ3v) is 4.16. The van der Waals surface area contributed by atoms with Crippen molar-refractivity contribution in [1.29, 1.82) is 0 Å². The molecule has 2 N–H and O–H groups in total. The lowest BCUT2D eigenvalue weighted by atomic mass is 10.2. The summed E-state index contributed by atoms with van der Waals surface area (Å²) in [7, 11) is 0. The fourth-order valence-corrected chi connectivity index (χ4v) is 2.77. The van der Waals surface area contributed by atoms with Gasteiger partial charge in [0.25, 0.3) is 0 Å². The molecule has 0 bridgehead atoms. The smallest absolute Gasteiger partial charge is 0.303 e. The lowest BCUT2D eigenvalue weighted by Gasteiger charge is -2.08. The van der Waals surface area contributed by atoms with Gasteiger partial charge in [0.05, 0.1) is 16.8 Å². The molecule has 4 rings (SSSR count). The van der Waals surface area contributed by atoms with Crippen molar-refractivity contribution in [3.05, 3.63) is 59.4 Å². The van der Waals surface area contributed by atoms with E-state index >= 15 is 0 Å². The van der Waals surface area contributed by atoms with Crippen molar-refractivity contribution in [2.24, 2.45) is 5.73 Å². The van der Waals surface area contributed by atoms with Gasteiger partial charge in [-0.3, -0.25) is 4.79 Å². The molecule has 0 unspecified atom stereocenters. The third-order valence-electron chi connectivity index (χ3n) is 3.91. The zero-order valence-corrected chi connectivity index (χ0v) is 16.7. The van der Waals surface area contributed by atoms with Gasteiger partial charge in [-0.1, -0.05) is 11.6 Å². The number of aryl methyl sites for hydroxylation is 1. The van der Waals surface area contributed by atoms with Crippen LogP contribution in [0.25, 0.3) is 28.1 Å². The summed E-state index contributed by atoms with van der Waals surface area (Å²) in [6.07, 6.45) is 3.15. The minimum atomic E-state index is -3.16. The normalized spacial score (nSPS) is 11.1. The molecule has 0 saturated heterocycles. The van der Waals surface area contributed by atoms with Gasteiger partial charge in [0.1, 0.15) is 11.5 Å². The third kappa shape index (κ3) is 4.38. The number of nitrogens with two attached hydrogens (primary N) is 1. The van der Waals surface area contributed by atoms with E-state index in [-0.39, 0.29) is 12.1 Å². The number of carbonyl (C=O) groups excluding carboxylic acids is 1. The molecule has 0 atom stereocenters. The number of alkyl halides is 2. The van der Waals surface area contributed by atoms with Crippen molar-refractivity contribution >= 4 is 29.0 Å². The first-order valence-corrected chi connectivity index (χ1v) is 8.97. The molecule has 3 aromatic heterocycles. The minimum absolute atomic E-state index is 0.250. The Morgan fingerprint density at radius 3 is 2.43 bits per heavy atom. The van der Waals surface area contributed by atoms with Crippen LogP contribution in [0.15, 0.2) is 42.7 Å². The van der Waals surface area contributed by atoms with Crippen molar-refractivity contribution in [2.45, 2.75) is 19.8 Å². The molecule has 4 aromatic rings. The largest absolute Gasteiger partial charge is 0.372 e. The molecule has 154 valence electrons. The number of fused-ring (bicyclic) bond motifs is 1. The highest BCUT2D eigenvalue weighted by atomic mass is 35.5. The molecule has 0 spiro atoms. The fraction of sp³-hybridized carbons (Fsp3) is 0.158. The van der Waals surface area contributed by atoms with Crippen LogP contribution in [-0.4, -0.2) is 36.1 Å². The molecular weight excluding hydrogens is 416 g/mol. The van der Waals surface area contributed by atoms with Crippen molar-refractivity contribution < 1.29 is 13.6 Å². The summed E-state index contributed by atoms with van der Waals surface area (Å²) in [6, 6.07) is 8.59. The van der Waals surface area contributed by atoms with Crippen LogP contribution in [0.5, 0.6) is 0 Å². The van der Waals surface area contributed by atoms with Crippen molar-refractivity contribution in [2.75, 3.05) is 0 Å². The number of carbonyl (C=O) groups is 1. The van der Waals surface area contributed by atoms with Gasteiger partial charge in [0.15, 0.2) is 11.5 Å². The van der Waals surface area contributed by atoms with Crippen molar-refractivity contribution in [3.63, 3.8) is 0 Å². The van der Waals surface area contributed by atoms with Crippen LogP contribution in [0.4, 0.5) is 8.78 Å². The molecule has 0 radical (unpaired) electrons. The van der Waals surface area contributed by atoms with Crippen LogP contribution in [0, 0.1) is 6.92 Å². The Hall–Kier alpha value is -3.53. The Balaban J connectivity index is 0.000000806. The average Bonchev–Trinajstić information content (AvgIpc) is 3.07. The van der Waals surface area contributed by atoms with Gasteiger partial charge in [0.2, 0.25) is 6.41 Å². The molecule has 0 fully saturated rings. The number of amides is 1. The molecule has 0 aliphatic carbocycles. The van der Waals surface area contributed by atoms with Crippen LogP contribution in [0.1, 0.15) is 18.6 Å². The summed E-state index contributed by atoms with van der Waals surface area (Å²) in [4.78, 5) is 24.9. The van der Waals surface area contributed by atoms with E-state index in [1.54, 1.807) is 42.1 Å². The monoisotopic (exact) mass is 431 g/mol. The standard InChI is InChI=1S/C18H13ClF2N6.CH3NO/c1-10-23-9-13-15(14-7-8-22-17(25-14)18(2,20)21)26-27(16(13)24-10)12-5-3-11(19)4-6-12;2-1-3/h3-9H,1-2H3;1H,(H2,2,3). The predicted octanol–water partition coefficient (Wildman–Crippen LogP) is 3.45. The first kappa shape index (κ1) is 21.2. The van der Waals surface area contributed by atoms with Gasteiger partial charge < -0.3 is 5.73 Å². The molecule has 3 heterocycles. The van der Waals surface area contributed by atoms with Crippen LogP contribution in [0.3, 0.4) is 0 Å². The Kier molecular flexibility index (Phi) is 5.97. The number of rotatable bonds is 3.